The second-order valence-corrected chi connectivity index (χ2v) is 4.05. The first-order chi connectivity index (χ1) is 8.34. The molecule has 0 radical (unpaired) electrons. The van der Waals surface area contributed by atoms with E-state index in [1.165, 1.54) is 0 Å². The van der Waals surface area contributed by atoms with Crippen LogP contribution in [0.2, 0.25) is 0 Å². The Bertz CT molecular complexity index is 308. The Hall–Kier alpha value is -1.10. The molecule has 4 heteroatoms. The maximum absolute atomic E-state index is 9.57. The lowest BCUT2D eigenvalue weighted by Crippen LogP contribution is -2.26. The number of rotatable bonds is 6. The molecule has 1 aliphatic heterocycles. The average molecular weight is 238 g/mol. The molecular weight excluding hydrogens is 220 g/mol. The van der Waals surface area contributed by atoms with Crippen molar-refractivity contribution in [2.24, 2.45) is 0 Å². The van der Waals surface area contributed by atoms with Gasteiger partial charge in [0.15, 0.2) is 6.29 Å². The topological polar surface area (TPSA) is 47.9 Å². The van der Waals surface area contributed by atoms with E-state index in [1.807, 2.05) is 30.3 Å². The van der Waals surface area contributed by atoms with E-state index in [1.54, 1.807) is 0 Å². The average Bonchev–Trinajstić information content (AvgIpc) is 2.88. The van der Waals surface area contributed by atoms with Crippen molar-refractivity contribution in [3.63, 3.8) is 0 Å². The Morgan fingerprint density at radius 2 is 2.18 bits per heavy atom. The summed E-state index contributed by atoms with van der Waals surface area (Å²) in [5, 5.41) is 9.57. The molecule has 0 aliphatic carbocycles. The lowest BCUT2D eigenvalue weighted by atomic mass is 10.2. The van der Waals surface area contributed by atoms with Crippen molar-refractivity contribution in [1.82, 2.24) is 0 Å². The third kappa shape index (κ3) is 4.34. The lowest BCUT2D eigenvalue weighted by Gasteiger charge is -2.15. The number of ether oxygens (including phenoxy) is 3. The van der Waals surface area contributed by atoms with Crippen molar-refractivity contribution in [2.45, 2.75) is 25.2 Å². The fraction of sp³-hybridized carbons (Fsp3) is 0.538. The number of benzene rings is 1. The molecule has 94 valence electrons. The van der Waals surface area contributed by atoms with E-state index in [4.69, 9.17) is 14.2 Å². The second-order valence-electron chi connectivity index (χ2n) is 4.05. The van der Waals surface area contributed by atoms with Gasteiger partial charge in [-0.05, 0) is 25.0 Å². The van der Waals surface area contributed by atoms with Crippen LogP contribution in [-0.2, 0) is 9.47 Å². The van der Waals surface area contributed by atoms with Crippen molar-refractivity contribution in [2.75, 3.05) is 19.8 Å². The van der Waals surface area contributed by atoms with E-state index in [9.17, 15) is 5.11 Å². The highest BCUT2D eigenvalue weighted by Gasteiger charge is 2.17. The largest absolute Gasteiger partial charge is 0.488 e. The van der Waals surface area contributed by atoms with Gasteiger partial charge in [-0.15, -0.1) is 0 Å². The first-order valence-electron chi connectivity index (χ1n) is 5.94. The Kier molecular flexibility index (Phi) is 4.79. The van der Waals surface area contributed by atoms with Crippen molar-refractivity contribution in [3.8, 4) is 5.75 Å². The number of aliphatic hydroxyl groups is 1. The summed E-state index contributed by atoms with van der Waals surface area (Å²) in [6, 6.07) is 9.36. The molecule has 1 aliphatic rings. The van der Waals surface area contributed by atoms with Gasteiger partial charge in [0.25, 0.3) is 0 Å². The van der Waals surface area contributed by atoms with E-state index < -0.39 is 6.29 Å². The van der Waals surface area contributed by atoms with Crippen LogP contribution in [-0.4, -0.2) is 37.3 Å². The highest BCUT2D eigenvalue weighted by atomic mass is 16.6. The molecule has 1 saturated heterocycles. The number of hydrogen-bond donors (Lipinski definition) is 1. The SMILES string of the molecule is OC(COc1ccccc1)OCC1CCCO1. The predicted molar refractivity (Wildman–Crippen MR) is 62.9 cm³/mol. The molecule has 1 N–H and O–H groups in total. The molecule has 0 spiro atoms. The van der Waals surface area contributed by atoms with Crippen LogP contribution >= 0.6 is 0 Å². The molecule has 0 saturated carbocycles. The molecule has 2 rings (SSSR count). The molecule has 4 nitrogen and oxygen atoms in total. The highest BCUT2D eigenvalue weighted by Crippen LogP contribution is 2.13. The summed E-state index contributed by atoms with van der Waals surface area (Å²) >= 11 is 0. The highest BCUT2D eigenvalue weighted by molar-refractivity contribution is 5.20. The zero-order chi connectivity index (χ0) is 11.9. The van der Waals surface area contributed by atoms with Gasteiger partial charge in [-0.2, -0.15) is 0 Å². The molecule has 1 heterocycles. The maximum atomic E-state index is 9.57. The van der Waals surface area contributed by atoms with Crippen molar-refractivity contribution in [1.29, 1.82) is 0 Å². The molecule has 0 aromatic heterocycles. The maximum Gasteiger partial charge on any atom is 0.189 e. The van der Waals surface area contributed by atoms with Gasteiger partial charge in [0.2, 0.25) is 0 Å². The van der Waals surface area contributed by atoms with Crippen molar-refractivity contribution in [3.05, 3.63) is 30.3 Å². The zero-order valence-corrected chi connectivity index (χ0v) is 9.75. The summed E-state index contributed by atoms with van der Waals surface area (Å²) in [7, 11) is 0. The summed E-state index contributed by atoms with van der Waals surface area (Å²) in [6.45, 7) is 1.36. The van der Waals surface area contributed by atoms with Crippen LogP contribution in [0, 0.1) is 0 Å². The Morgan fingerprint density at radius 1 is 1.35 bits per heavy atom. The minimum Gasteiger partial charge on any atom is -0.488 e. The third-order valence-corrected chi connectivity index (χ3v) is 2.63. The van der Waals surface area contributed by atoms with Crippen LogP contribution in [0.5, 0.6) is 5.75 Å². The van der Waals surface area contributed by atoms with Gasteiger partial charge in [-0.3, -0.25) is 0 Å². The summed E-state index contributed by atoms with van der Waals surface area (Å²) in [4.78, 5) is 0. The summed E-state index contributed by atoms with van der Waals surface area (Å²) < 4.78 is 16.0. The molecule has 17 heavy (non-hydrogen) atoms. The number of hydrogen-bond acceptors (Lipinski definition) is 4. The lowest BCUT2D eigenvalue weighted by molar-refractivity contribution is -0.139. The fourth-order valence-corrected chi connectivity index (χ4v) is 1.73. The van der Waals surface area contributed by atoms with Crippen LogP contribution in [0.1, 0.15) is 12.8 Å². The van der Waals surface area contributed by atoms with Crippen LogP contribution in [0.15, 0.2) is 30.3 Å². The van der Waals surface area contributed by atoms with E-state index in [0.29, 0.717) is 6.61 Å². The first kappa shape index (κ1) is 12.4. The fourth-order valence-electron chi connectivity index (χ4n) is 1.73. The van der Waals surface area contributed by atoms with Crippen LogP contribution in [0.3, 0.4) is 0 Å². The van der Waals surface area contributed by atoms with Crippen LogP contribution < -0.4 is 4.74 Å². The van der Waals surface area contributed by atoms with Gasteiger partial charge in [0, 0.05) is 6.61 Å². The smallest absolute Gasteiger partial charge is 0.189 e. The molecule has 1 aromatic carbocycles. The van der Waals surface area contributed by atoms with Gasteiger partial charge in [-0.1, -0.05) is 18.2 Å². The van der Waals surface area contributed by atoms with E-state index in [-0.39, 0.29) is 12.7 Å². The zero-order valence-electron chi connectivity index (χ0n) is 9.75. The molecule has 2 unspecified atom stereocenters. The summed E-state index contributed by atoms with van der Waals surface area (Å²) in [5.41, 5.74) is 0. The second kappa shape index (κ2) is 6.59. The minimum absolute atomic E-state index is 0.126. The van der Waals surface area contributed by atoms with Gasteiger partial charge >= 0.3 is 0 Å². The summed E-state index contributed by atoms with van der Waals surface area (Å²) in [6.07, 6.45) is 1.30. The van der Waals surface area contributed by atoms with E-state index in [2.05, 4.69) is 0 Å². The van der Waals surface area contributed by atoms with Crippen LogP contribution in [0.25, 0.3) is 0 Å². The Morgan fingerprint density at radius 3 is 2.88 bits per heavy atom. The van der Waals surface area contributed by atoms with Gasteiger partial charge < -0.3 is 19.3 Å². The summed E-state index contributed by atoms with van der Waals surface area (Å²) in [5.74, 6) is 0.729. The van der Waals surface area contributed by atoms with Gasteiger partial charge in [0.05, 0.1) is 12.7 Å². The molecular formula is C13H18O4. The third-order valence-electron chi connectivity index (χ3n) is 2.63. The van der Waals surface area contributed by atoms with Gasteiger partial charge in [0.1, 0.15) is 12.4 Å². The van der Waals surface area contributed by atoms with Gasteiger partial charge in [-0.25, -0.2) is 0 Å². The first-order valence-corrected chi connectivity index (χ1v) is 5.94. The monoisotopic (exact) mass is 238 g/mol. The predicted octanol–water partition coefficient (Wildman–Crippen LogP) is 1.58. The minimum atomic E-state index is -0.903. The van der Waals surface area contributed by atoms with E-state index >= 15 is 0 Å². The Labute approximate surface area is 101 Å². The normalized spacial score (nSPS) is 21.4. The number of aliphatic hydroxyl groups excluding tert-OH is 1. The quantitative estimate of drug-likeness (QED) is 0.764. The Balaban J connectivity index is 1.62. The number of para-hydroxylation sites is 1. The van der Waals surface area contributed by atoms with Crippen LogP contribution in [0.4, 0.5) is 0 Å². The van der Waals surface area contributed by atoms with E-state index in [0.717, 1.165) is 25.2 Å². The molecule has 0 bridgehead atoms. The van der Waals surface area contributed by atoms with Crippen molar-refractivity contribution >= 4 is 0 Å². The molecule has 1 aromatic rings. The molecule has 1 fully saturated rings. The standard InChI is InChI=1S/C13H18O4/c14-13(17-9-12-7-4-8-15-12)10-16-11-5-2-1-3-6-11/h1-3,5-6,12-14H,4,7-10H2. The van der Waals surface area contributed by atoms with Crippen molar-refractivity contribution < 1.29 is 19.3 Å². The molecule has 0 amide bonds. The molecule has 2 atom stereocenters.